The van der Waals surface area contributed by atoms with Crippen LogP contribution in [-0.4, -0.2) is 26.9 Å². The fraction of sp³-hybridized carbons (Fsp3) is 0.381. The molecule has 0 saturated carbocycles. The zero-order valence-electron chi connectivity index (χ0n) is 14.6. The molecule has 2 aromatic rings. The molecule has 2 aromatic carbocycles. The van der Waals surface area contributed by atoms with Gasteiger partial charge in [-0.3, -0.25) is 9.69 Å². The number of carbonyl (C=O) groups excluding carboxylic acids is 1. The molecule has 1 fully saturated rings. The highest BCUT2D eigenvalue weighted by Crippen LogP contribution is 2.34. The summed E-state index contributed by atoms with van der Waals surface area (Å²) >= 11 is 2.37. The molecule has 3 nitrogen and oxygen atoms in total. The highest BCUT2D eigenvalue weighted by Gasteiger charge is 2.42. The molecule has 0 spiro atoms. The van der Waals surface area contributed by atoms with Crippen LogP contribution in [0.3, 0.4) is 0 Å². The van der Waals surface area contributed by atoms with Gasteiger partial charge in [0, 0.05) is 16.5 Å². The van der Waals surface area contributed by atoms with Gasteiger partial charge in [0.25, 0.3) is 0 Å². The van der Waals surface area contributed by atoms with E-state index in [4.69, 9.17) is 4.74 Å². The monoisotopic (exact) mass is 449 g/mol. The van der Waals surface area contributed by atoms with Crippen LogP contribution in [0.2, 0.25) is 0 Å². The van der Waals surface area contributed by atoms with E-state index < -0.39 is 0 Å². The third-order valence-corrected chi connectivity index (χ3v) is 5.60. The zero-order valence-corrected chi connectivity index (χ0v) is 16.8. The predicted molar refractivity (Wildman–Crippen MR) is 109 cm³/mol. The molecule has 25 heavy (non-hydrogen) atoms. The number of ether oxygens (including phenoxy) is 1. The Balaban J connectivity index is 1.92. The molecule has 1 aliphatic heterocycles. The number of hydrogen-bond acceptors (Lipinski definition) is 3. The molecule has 0 N–H and O–H groups in total. The van der Waals surface area contributed by atoms with Gasteiger partial charge < -0.3 is 4.74 Å². The van der Waals surface area contributed by atoms with Gasteiger partial charge in [-0.05, 0) is 25.0 Å². The molecule has 0 amide bonds. The SMILES string of the molecule is C[C@H](I)[C@@H]1OC(=O)C[C@@H]1N(Cc1ccccc1)[C@H](C)c1ccccc1. The fourth-order valence-electron chi connectivity index (χ4n) is 3.53. The lowest BCUT2D eigenvalue weighted by atomic mass is 9.99. The van der Waals surface area contributed by atoms with Crippen LogP contribution < -0.4 is 0 Å². The first-order valence-corrected chi connectivity index (χ1v) is 9.99. The quantitative estimate of drug-likeness (QED) is 0.362. The summed E-state index contributed by atoms with van der Waals surface area (Å²) in [4.78, 5) is 14.5. The molecule has 1 aliphatic rings. The second-order valence-corrected chi connectivity index (χ2v) is 8.61. The van der Waals surface area contributed by atoms with E-state index in [-0.39, 0.29) is 28.1 Å². The van der Waals surface area contributed by atoms with Crippen molar-refractivity contribution in [2.45, 2.75) is 48.9 Å². The normalized spacial score (nSPS) is 22.6. The number of nitrogens with zero attached hydrogens (tertiary/aromatic N) is 1. The summed E-state index contributed by atoms with van der Waals surface area (Å²) in [5.74, 6) is -0.0863. The summed E-state index contributed by atoms with van der Waals surface area (Å²) < 4.78 is 5.93. The van der Waals surface area contributed by atoms with Gasteiger partial charge in [0.15, 0.2) is 0 Å². The van der Waals surface area contributed by atoms with E-state index >= 15 is 0 Å². The van der Waals surface area contributed by atoms with E-state index in [0.29, 0.717) is 6.42 Å². The Morgan fingerprint density at radius 1 is 1.08 bits per heavy atom. The molecular weight excluding hydrogens is 425 g/mol. The second kappa shape index (κ2) is 8.32. The largest absolute Gasteiger partial charge is 0.460 e. The smallest absolute Gasteiger partial charge is 0.307 e. The lowest BCUT2D eigenvalue weighted by molar-refractivity contribution is -0.141. The van der Waals surface area contributed by atoms with Crippen LogP contribution in [0.15, 0.2) is 60.7 Å². The Kier molecular flexibility index (Phi) is 6.12. The van der Waals surface area contributed by atoms with Gasteiger partial charge in [-0.25, -0.2) is 0 Å². The van der Waals surface area contributed by atoms with E-state index in [1.165, 1.54) is 11.1 Å². The van der Waals surface area contributed by atoms with Crippen LogP contribution in [0.5, 0.6) is 0 Å². The van der Waals surface area contributed by atoms with E-state index in [9.17, 15) is 4.79 Å². The van der Waals surface area contributed by atoms with Gasteiger partial charge in [-0.2, -0.15) is 0 Å². The van der Waals surface area contributed by atoms with Crippen molar-refractivity contribution in [2.24, 2.45) is 0 Å². The van der Waals surface area contributed by atoms with Crippen molar-refractivity contribution < 1.29 is 9.53 Å². The maximum absolute atomic E-state index is 12.0. The lowest BCUT2D eigenvalue weighted by Crippen LogP contribution is -2.44. The van der Waals surface area contributed by atoms with E-state index in [2.05, 4.69) is 89.9 Å². The molecule has 0 bridgehead atoms. The van der Waals surface area contributed by atoms with Crippen LogP contribution in [0.4, 0.5) is 0 Å². The molecule has 4 heteroatoms. The Morgan fingerprint density at radius 2 is 1.68 bits per heavy atom. The fourth-order valence-corrected chi connectivity index (χ4v) is 4.16. The maximum atomic E-state index is 12.0. The average Bonchev–Trinajstić information content (AvgIpc) is 3.02. The Morgan fingerprint density at radius 3 is 2.28 bits per heavy atom. The number of halogens is 1. The van der Waals surface area contributed by atoms with Crippen molar-refractivity contribution in [3.63, 3.8) is 0 Å². The summed E-state index contributed by atoms with van der Waals surface area (Å²) in [6.07, 6.45) is 0.394. The number of alkyl halides is 1. The van der Waals surface area contributed by atoms with Crippen molar-refractivity contribution in [3.05, 3.63) is 71.8 Å². The molecule has 0 radical (unpaired) electrons. The molecule has 132 valence electrons. The van der Waals surface area contributed by atoms with Gasteiger partial charge in [0.2, 0.25) is 0 Å². The number of cyclic esters (lactones) is 1. The summed E-state index contributed by atoms with van der Waals surface area (Å²) in [6, 6.07) is 21.2. The highest BCUT2D eigenvalue weighted by atomic mass is 127. The molecule has 4 atom stereocenters. The van der Waals surface area contributed by atoms with Crippen molar-refractivity contribution in [1.82, 2.24) is 4.90 Å². The minimum Gasteiger partial charge on any atom is -0.460 e. The lowest BCUT2D eigenvalue weighted by Gasteiger charge is -2.37. The van der Waals surface area contributed by atoms with Gasteiger partial charge in [-0.1, -0.05) is 83.3 Å². The minimum absolute atomic E-state index is 0.0667. The molecule has 0 aromatic heterocycles. The van der Waals surface area contributed by atoms with Crippen LogP contribution in [0, 0.1) is 0 Å². The summed E-state index contributed by atoms with van der Waals surface area (Å²) in [6.45, 7) is 5.14. The highest BCUT2D eigenvalue weighted by molar-refractivity contribution is 14.1. The number of esters is 1. The van der Waals surface area contributed by atoms with E-state index in [1.807, 2.05) is 12.1 Å². The van der Waals surface area contributed by atoms with Gasteiger partial charge in [0.1, 0.15) is 6.10 Å². The van der Waals surface area contributed by atoms with Gasteiger partial charge in [0.05, 0.1) is 12.5 Å². The van der Waals surface area contributed by atoms with Crippen LogP contribution in [0.1, 0.15) is 37.4 Å². The van der Waals surface area contributed by atoms with Crippen molar-refractivity contribution in [3.8, 4) is 0 Å². The van der Waals surface area contributed by atoms with Gasteiger partial charge in [-0.15, -0.1) is 0 Å². The average molecular weight is 449 g/mol. The van der Waals surface area contributed by atoms with E-state index in [0.717, 1.165) is 6.54 Å². The minimum atomic E-state index is -0.0863. The maximum Gasteiger partial charge on any atom is 0.307 e. The molecule has 1 saturated heterocycles. The first-order valence-electron chi connectivity index (χ1n) is 8.74. The number of rotatable bonds is 6. The van der Waals surface area contributed by atoms with Crippen LogP contribution in [-0.2, 0) is 16.1 Å². The van der Waals surface area contributed by atoms with Crippen LogP contribution in [0.25, 0.3) is 0 Å². The first-order chi connectivity index (χ1) is 12.1. The Labute approximate surface area is 163 Å². The van der Waals surface area contributed by atoms with E-state index in [1.54, 1.807) is 0 Å². The predicted octanol–water partition coefficient (Wildman–Crippen LogP) is 4.76. The van der Waals surface area contributed by atoms with Crippen molar-refractivity contribution >= 4 is 28.6 Å². The summed E-state index contributed by atoms with van der Waals surface area (Å²) in [5.41, 5.74) is 2.52. The third-order valence-electron chi connectivity index (χ3n) is 4.89. The summed E-state index contributed by atoms with van der Waals surface area (Å²) in [7, 11) is 0. The first kappa shape index (κ1) is 18.4. The van der Waals surface area contributed by atoms with Crippen LogP contribution >= 0.6 is 22.6 Å². The number of benzene rings is 2. The zero-order chi connectivity index (χ0) is 17.8. The molecule has 0 unspecified atom stereocenters. The Hall–Kier alpha value is -1.40. The number of carbonyl (C=O) groups is 1. The van der Waals surface area contributed by atoms with Crippen molar-refractivity contribution in [2.75, 3.05) is 0 Å². The second-order valence-electron chi connectivity index (χ2n) is 6.65. The number of hydrogen-bond donors (Lipinski definition) is 0. The molecular formula is C21H24INO2. The molecule has 1 heterocycles. The molecule has 0 aliphatic carbocycles. The molecule has 3 rings (SSSR count). The van der Waals surface area contributed by atoms with Gasteiger partial charge >= 0.3 is 5.97 Å². The topological polar surface area (TPSA) is 29.5 Å². The van der Waals surface area contributed by atoms with Crippen molar-refractivity contribution in [1.29, 1.82) is 0 Å². The Bertz CT molecular complexity index is 690. The summed E-state index contributed by atoms with van der Waals surface area (Å²) in [5, 5.41) is 0. The standard InChI is InChI=1S/C21H24INO2/c1-15(22)21-19(13-20(24)25-21)23(14-17-9-5-3-6-10-17)16(2)18-11-7-4-8-12-18/h3-12,15-16,19,21H,13-14H2,1-2H3/t15-,16+,19-,21-/m0/s1. The third kappa shape index (κ3) is 4.42.